The summed E-state index contributed by atoms with van der Waals surface area (Å²) >= 11 is 0. The van der Waals surface area contributed by atoms with Crippen molar-refractivity contribution in [2.24, 2.45) is 0 Å². The van der Waals surface area contributed by atoms with Gasteiger partial charge >= 0.3 is 12.0 Å². The first-order valence-electron chi connectivity index (χ1n) is 10.5. The predicted molar refractivity (Wildman–Crippen MR) is 118 cm³/mol. The number of methoxy groups -OCH3 is 1. The first-order valence-corrected chi connectivity index (χ1v) is 10.5. The fourth-order valence-electron chi connectivity index (χ4n) is 4.39. The van der Waals surface area contributed by atoms with Crippen molar-refractivity contribution in [2.45, 2.75) is 44.6 Å². The highest BCUT2D eigenvalue weighted by molar-refractivity contribution is 5.85. The smallest absolute Gasteiger partial charge is 0.334 e. The molecule has 170 valence electrons. The lowest BCUT2D eigenvalue weighted by Crippen LogP contribution is -2.59. The molecule has 3 fully saturated rings. The summed E-state index contributed by atoms with van der Waals surface area (Å²) < 4.78 is 4.77. The van der Waals surface area contributed by atoms with Gasteiger partial charge in [0, 0.05) is 51.9 Å². The Labute approximate surface area is 187 Å². The minimum atomic E-state index is -0.263. The molecule has 10 heteroatoms. The van der Waals surface area contributed by atoms with Crippen LogP contribution in [0.1, 0.15) is 38.5 Å². The van der Waals surface area contributed by atoms with Crippen LogP contribution in [0.5, 0.6) is 0 Å². The molecule has 1 N–H and O–H groups in total. The molecule has 0 aromatic rings. The summed E-state index contributed by atoms with van der Waals surface area (Å²) in [5.41, 5.74) is 0. The molecule has 3 rings (SSSR count). The lowest BCUT2D eigenvalue weighted by Gasteiger charge is -2.44. The Morgan fingerprint density at radius 3 is 2.17 bits per heavy atom. The molecule has 8 nitrogen and oxygen atoms in total. The molecule has 0 atom stereocenters. The second-order valence-corrected chi connectivity index (χ2v) is 7.75. The minimum absolute atomic E-state index is 0. The number of piperidine rings is 2. The summed E-state index contributed by atoms with van der Waals surface area (Å²) in [4.78, 5) is 29.3. The van der Waals surface area contributed by atoms with Crippen LogP contribution >= 0.6 is 24.8 Å². The number of esters is 1. The second kappa shape index (κ2) is 13.5. The number of amides is 2. The summed E-state index contributed by atoms with van der Waals surface area (Å²) in [5.74, 6) is -0.263. The van der Waals surface area contributed by atoms with Gasteiger partial charge in [-0.05, 0) is 38.8 Å². The van der Waals surface area contributed by atoms with Crippen LogP contribution in [0.25, 0.3) is 0 Å². The molecule has 2 amide bonds. The monoisotopic (exact) mass is 453 g/mol. The molecule has 0 unspecified atom stereocenters. The summed E-state index contributed by atoms with van der Waals surface area (Å²) in [5, 5.41) is 7.35. The molecule has 0 aromatic carbocycles. The fraction of sp³-hybridized carbons (Fsp3) is 0.895. The lowest BCUT2D eigenvalue weighted by molar-refractivity contribution is -0.141. The Bertz CT molecular complexity index is 494. The van der Waals surface area contributed by atoms with E-state index in [1.54, 1.807) is 5.01 Å². The maximum absolute atomic E-state index is 13.2. The molecule has 3 saturated heterocycles. The third-order valence-electron chi connectivity index (χ3n) is 6.06. The molecule has 0 aliphatic carbocycles. The maximum atomic E-state index is 13.2. The lowest BCUT2D eigenvalue weighted by atomic mass is 10.0. The highest BCUT2D eigenvalue weighted by Gasteiger charge is 2.32. The van der Waals surface area contributed by atoms with Gasteiger partial charge in [0.2, 0.25) is 0 Å². The average molecular weight is 454 g/mol. The van der Waals surface area contributed by atoms with Crippen molar-refractivity contribution < 1.29 is 14.3 Å². The zero-order chi connectivity index (χ0) is 19.1. The van der Waals surface area contributed by atoms with E-state index in [-0.39, 0.29) is 43.2 Å². The SMILES string of the molecule is COC(=O)CCN(C(=O)N1CCN(C2CCNCC2)CC1)N1CCCCC1.Cl.Cl. The van der Waals surface area contributed by atoms with E-state index in [9.17, 15) is 9.59 Å². The number of nitrogens with zero attached hydrogens (tertiary/aromatic N) is 4. The normalized spacial score (nSPS) is 21.6. The van der Waals surface area contributed by atoms with Gasteiger partial charge < -0.3 is 15.0 Å². The maximum Gasteiger partial charge on any atom is 0.334 e. The van der Waals surface area contributed by atoms with Crippen molar-refractivity contribution >= 4 is 36.8 Å². The van der Waals surface area contributed by atoms with Crippen LogP contribution in [0.15, 0.2) is 0 Å². The zero-order valence-corrected chi connectivity index (χ0v) is 19.1. The number of carbonyl (C=O) groups excluding carboxylic acids is 2. The van der Waals surface area contributed by atoms with Gasteiger partial charge in [0.25, 0.3) is 0 Å². The van der Waals surface area contributed by atoms with Crippen LogP contribution < -0.4 is 5.32 Å². The quantitative estimate of drug-likeness (QED) is 0.637. The molecule has 0 saturated carbocycles. The van der Waals surface area contributed by atoms with E-state index in [4.69, 9.17) is 4.74 Å². The highest BCUT2D eigenvalue weighted by Crippen LogP contribution is 2.18. The molecule has 0 bridgehead atoms. The van der Waals surface area contributed by atoms with Gasteiger partial charge in [0.05, 0.1) is 13.5 Å². The van der Waals surface area contributed by atoms with E-state index in [0.29, 0.717) is 12.6 Å². The van der Waals surface area contributed by atoms with Crippen molar-refractivity contribution in [3.63, 3.8) is 0 Å². The standard InChI is InChI=1S/C19H35N5O3.2ClH/c1-27-18(25)7-12-24(23-10-3-2-4-11-23)19(26)22-15-13-21(14-16-22)17-5-8-20-9-6-17;;/h17,20H,2-16H2,1H3;2*1H. The summed E-state index contributed by atoms with van der Waals surface area (Å²) in [6.45, 7) is 7.81. The molecular formula is C19H37Cl2N5O3. The largest absolute Gasteiger partial charge is 0.469 e. The fourth-order valence-corrected chi connectivity index (χ4v) is 4.39. The van der Waals surface area contributed by atoms with E-state index in [1.807, 2.05) is 4.90 Å². The third kappa shape index (κ3) is 7.43. The number of rotatable bonds is 5. The van der Waals surface area contributed by atoms with E-state index in [1.165, 1.54) is 26.4 Å². The number of nitrogens with one attached hydrogen (secondary N) is 1. The Balaban J connectivity index is 0.00000210. The van der Waals surface area contributed by atoms with E-state index in [0.717, 1.165) is 65.2 Å². The zero-order valence-electron chi connectivity index (χ0n) is 17.5. The molecular weight excluding hydrogens is 417 g/mol. The first-order chi connectivity index (χ1) is 13.2. The number of carbonyl (C=O) groups is 2. The number of halogens is 2. The number of hydrogen-bond acceptors (Lipinski definition) is 6. The van der Waals surface area contributed by atoms with Crippen molar-refractivity contribution in [1.29, 1.82) is 0 Å². The van der Waals surface area contributed by atoms with Gasteiger partial charge in [-0.15, -0.1) is 24.8 Å². The van der Waals surface area contributed by atoms with E-state index < -0.39 is 0 Å². The molecule has 3 heterocycles. The number of ether oxygens (including phenoxy) is 1. The van der Waals surface area contributed by atoms with Gasteiger partial charge in [-0.2, -0.15) is 0 Å². The number of hydrazine groups is 1. The highest BCUT2D eigenvalue weighted by atomic mass is 35.5. The Hall–Kier alpha value is -0.800. The molecule has 29 heavy (non-hydrogen) atoms. The van der Waals surface area contributed by atoms with Crippen molar-refractivity contribution in [2.75, 3.05) is 66.0 Å². The van der Waals surface area contributed by atoms with Crippen LogP contribution in [0.2, 0.25) is 0 Å². The molecule has 0 radical (unpaired) electrons. The van der Waals surface area contributed by atoms with Gasteiger partial charge in [-0.3, -0.25) is 14.7 Å². The summed E-state index contributed by atoms with van der Waals surface area (Å²) in [7, 11) is 1.40. The third-order valence-corrected chi connectivity index (χ3v) is 6.06. The number of piperazine rings is 1. The minimum Gasteiger partial charge on any atom is -0.469 e. The van der Waals surface area contributed by atoms with Crippen molar-refractivity contribution in [3.05, 3.63) is 0 Å². The number of hydrogen-bond donors (Lipinski definition) is 1. The van der Waals surface area contributed by atoms with E-state index in [2.05, 4.69) is 15.2 Å². The first kappa shape index (κ1) is 26.2. The van der Waals surface area contributed by atoms with Crippen molar-refractivity contribution in [3.8, 4) is 0 Å². The Kier molecular flexibility index (Phi) is 12.2. The van der Waals surface area contributed by atoms with Gasteiger partial charge in [0.15, 0.2) is 0 Å². The van der Waals surface area contributed by atoms with E-state index >= 15 is 0 Å². The van der Waals surface area contributed by atoms with Gasteiger partial charge in [-0.25, -0.2) is 9.80 Å². The van der Waals surface area contributed by atoms with Crippen LogP contribution in [0.3, 0.4) is 0 Å². The summed E-state index contributed by atoms with van der Waals surface area (Å²) in [6, 6.07) is 0.701. The van der Waals surface area contributed by atoms with Crippen LogP contribution in [0.4, 0.5) is 4.79 Å². The molecule has 3 aliphatic rings. The predicted octanol–water partition coefficient (Wildman–Crippen LogP) is 1.59. The van der Waals surface area contributed by atoms with Gasteiger partial charge in [0.1, 0.15) is 0 Å². The van der Waals surface area contributed by atoms with Crippen LogP contribution in [-0.4, -0.2) is 104 Å². The number of urea groups is 1. The Morgan fingerprint density at radius 2 is 1.59 bits per heavy atom. The average Bonchev–Trinajstić information content (AvgIpc) is 2.75. The van der Waals surface area contributed by atoms with Gasteiger partial charge in [-0.1, -0.05) is 6.42 Å². The van der Waals surface area contributed by atoms with Crippen LogP contribution in [-0.2, 0) is 9.53 Å². The topological polar surface area (TPSA) is 68.4 Å². The molecule has 0 spiro atoms. The van der Waals surface area contributed by atoms with Crippen LogP contribution in [0, 0.1) is 0 Å². The van der Waals surface area contributed by atoms with Crippen molar-refractivity contribution in [1.82, 2.24) is 25.1 Å². The Morgan fingerprint density at radius 1 is 0.966 bits per heavy atom. The molecule has 3 aliphatic heterocycles. The second-order valence-electron chi connectivity index (χ2n) is 7.75. The summed E-state index contributed by atoms with van der Waals surface area (Å²) in [6.07, 6.45) is 6.06. The molecule has 0 aromatic heterocycles.